The highest BCUT2D eigenvalue weighted by atomic mass is 35.5. The first-order valence-corrected chi connectivity index (χ1v) is 6.19. The molecule has 0 aliphatic carbocycles. The molecule has 3 nitrogen and oxygen atoms in total. The van der Waals surface area contributed by atoms with Gasteiger partial charge in [0.2, 0.25) is 5.91 Å². The summed E-state index contributed by atoms with van der Waals surface area (Å²) in [6.07, 6.45) is 0.884. The molecule has 1 aliphatic heterocycles. The van der Waals surface area contributed by atoms with Gasteiger partial charge in [-0.25, -0.2) is 0 Å². The van der Waals surface area contributed by atoms with Gasteiger partial charge in [-0.2, -0.15) is 0 Å². The summed E-state index contributed by atoms with van der Waals surface area (Å²) in [5.41, 5.74) is 2.19. The molecule has 1 N–H and O–H groups in total. The second kappa shape index (κ2) is 5.07. The third-order valence-corrected chi connectivity index (χ3v) is 3.62. The summed E-state index contributed by atoms with van der Waals surface area (Å²) >= 11 is 6.06. The van der Waals surface area contributed by atoms with Crippen molar-refractivity contribution in [2.45, 2.75) is 25.9 Å². The summed E-state index contributed by atoms with van der Waals surface area (Å²) in [4.78, 5) is 13.4. The van der Waals surface area contributed by atoms with Crippen molar-refractivity contribution in [1.29, 1.82) is 0 Å². The van der Waals surface area contributed by atoms with Crippen LogP contribution in [0.1, 0.15) is 17.5 Å². The molecular formula is C13H17ClN2O. The Bertz CT molecular complexity index is 433. The van der Waals surface area contributed by atoms with Crippen molar-refractivity contribution in [3.63, 3.8) is 0 Å². The molecule has 1 fully saturated rings. The highest BCUT2D eigenvalue weighted by Gasteiger charge is 2.28. The lowest BCUT2D eigenvalue weighted by Gasteiger charge is -2.12. The molecule has 0 spiro atoms. The predicted octanol–water partition coefficient (Wildman–Crippen LogP) is 1.97. The normalized spacial score (nSPS) is 20.1. The van der Waals surface area contributed by atoms with Gasteiger partial charge in [0.05, 0.1) is 6.04 Å². The highest BCUT2D eigenvalue weighted by Crippen LogP contribution is 2.17. The van der Waals surface area contributed by atoms with Crippen molar-refractivity contribution in [2.24, 2.45) is 0 Å². The van der Waals surface area contributed by atoms with E-state index in [0.717, 1.165) is 29.1 Å². The summed E-state index contributed by atoms with van der Waals surface area (Å²) in [6.45, 7) is 3.50. The SMILES string of the molecule is Cc1ccc(CNC2CCN(C)C2=O)cc1Cl. The maximum atomic E-state index is 11.7. The number of carbonyl (C=O) groups excluding carboxylic acids is 1. The average molecular weight is 253 g/mol. The maximum Gasteiger partial charge on any atom is 0.239 e. The zero-order valence-electron chi connectivity index (χ0n) is 10.2. The molecule has 1 saturated heterocycles. The number of halogens is 1. The van der Waals surface area contributed by atoms with E-state index in [9.17, 15) is 4.79 Å². The highest BCUT2D eigenvalue weighted by molar-refractivity contribution is 6.31. The van der Waals surface area contributed by atoms with Gasteiger partial charge in [-0.3, -0.25) is 4.79 Å². The molecule has 1 aromatic carbocycles. The quantitative estimate of drug-likeness (QED) is 0.892. The number of nitrogens with zero attached hydrogens (tertiary/aromatic N) is 1. The molecule has 0 saturated carbocycles. The molecule has 92 valence electrons. The Hall–Kier alpha value is -1.06. The fourth-order valence-electron chi connectivity index (χ4n) is 2.00. The Morgan fingerprint density at radius 3 is 2.88 bits per heavy atom. The summed E-state index contributed by atoms with van der Waals surface area (Å²) in [5.74, 6) is 0.184. The number of rotatable bonds is 3. The van der Waals surface area contributed by atoms with E-state index >= 15 is 0 Å². The standard InChI is InChI=1S/C13H17ClN2O/c1-9-3-4-10(7-11(9)14)8-15-12-5-6-16(2)13(12)17/h3-4,7,12,15H,5-6,8H2,1-2H3. The molecule has 1 aliphatic rings. The summed E-state index contributed by atoms with van der Waals surface area (Å²) < 4.78 is 0. The van der Waals surface area contributed by atoms with Crippen molar-refractivity contribution in [1.82, 2.24) is 10.2 Å². The zero-order valence-corrected chi connectivity index (χ0v) is 10.9. The van der Waals surface area contributed by atoms with Crippen LogP contribution in [0.5, 0.6) is 0 Å². The van der Waals surface area contributed by atoms with E-state index in [2.05, 4.69) is 5.32 Å². The van der Waals surface area contributed by atoms with E-state index in [0.29, 0.717) is 6.54 Å². The first-order chi connectivity index (χ1) is 8.08. The van der Waals surface area contributed by atoms with Gasteiger partial charge in [0.25, 0.3) is 0 Å². The lowest BCUT2D eigenvalue weighted by molar-refractivity contribution is -0.128. The predicted molar refractivity (Wildman–Crippen MR) is 69.1 cm³/mol. The first kappa shape index (κ1) is 12.4. The van der Waals surface area contributed by atoms with Crippen molar-refractivity contribution in [3.05, 3.63) is 34.3 Å². The number of hydrogen-bond acceptors (Lipinski definition) is 2. The molecule has 1 heterocycles. The van der Waals surface area contributed by atoms with E-state index in [-0.39, 0.29) is 11.9 Å². The Labute approximate surface area is 107 Å². The van der Waals surface area contributed by atoms with Gasteiger partial charge in [-0.1, -0.05) is 23.7 Å². The largest absolute Gasteiger partial charge is 0.344 e. The molecule has 1 atom stereocenters. The lowest BCUT2D eigenvalue weighted by Crippen LogP contribution is -2.36. The topological polar surface area (TPSA) is 32.3 Å². The van der Waals surface area contributed by atoms with Crippen LogP contribution in [0.15, 0.2) is 18.2 Å². The van der Waals surface area contributed by atoms with Crippen LogP contribution >= 0.6 is 11.6 Å². The van der Waals surface area contributed by atoms with Crippen LogP contribution in [0.4, 0.5) is 0 Å². The van der Waals surface area contributed by atoms with Gasteiger partial charge < -0.3 is 10.2 Å². The minimum Gasteiger partial charge on any atom is -0.344 e. The number of amides is 1. The van der Waals surface area contributed by atoms with Crippen molar-refractivity contribution >= 4 is 17.5 Å². The molecule has 1 aromatic rings. The number of hydrogen-bond donors (Lipinski definition) is 1. The third-order valence-electron chi connectivity index (χ3n) is 3.22. The smallest absolute Gasteiger partial charge is 0.239 e. The number of benzene rings is 1. The van der Waals surface area contributed by atoms with E-state index in [1.54, 1.807) is 4.90 Å². The van der Waals surface area contributed by atoms with Crippen molar-refractivity contribution in [3.8, 4) is 0 Å². The fourth-order valence-corrected chi connectivity index (χ4v) is 2.20. The van der Waals surface area contributed by atoms with Crippen LogP contribution in [0.2, 0.25) is 5.02 Å². The molecule has 17 heavy (non-hydrogen) atoms. The fraction of sp³-hybridized carbons (Fsp3) is 0.462. The van der Waals surface area contributed by atoms with E-state index in [1.807, 2.05) is 32.2 Å². The minimum absolute atomic E-state index is 0.0416. The van der Waals surface area contributed by atoms with Gasteiger partial charge in [0.15, 0.2) is 0 Å². The van der Waals surface area contributed by atoms with Gasteiger partial charge >= 0.3 is 0 Å². The number of carbonyl (C=O) groups is 1. The van der Waals surface area contributed by atoms with Gasteiger partial charge in [0.1, 0.15) is 0 Å². The van der Waals surface area contributed by atoms with Crippen molar-refractivity contribution in [2.75, 3.05) is 13.6 Å². The van der Waals surface area contributed by atoms with E-state index in [1.165, 1.54) is 0 Å². The molecule has 1 amide bonds. The van der Waals surface area contributed by atoms with E-state index < -0.39 is 0 Å². The molecule has 0 bridgehead atoms. The van der Waals surface area contributed by atoms with Gasteiger partial charge in [-0.05, 0) is 30.5 Å². The molecule has 1 unspecified atom stereocenters. The second-order valence-electron chi connectivity index (χ2n) is 4.57. The van der Waals surface area contributed by atoms with Gasteiger partial charge in [0, 0.05) is 25.2 Å². The maximum absolute atomic E-state index is 11.7. The number of nitrogens with one attached hydrogen (secondary N) is 1. The summed E-state index contributed by atoms with van der Waals surface area (Å²) in [5, 5.41) is 4.05. The number of aryl methyl sites for hydroxylation is 1. The Kier molecular flexibility index (Phi) is 3.69. The third kappa shape index (κ3) is 2.79. The molecular weight excluding hydrogens is 236 g/mol. The number of likely N-dealkylation sites (N-methyl/N-ethyl adjacent to an activating group) is 1. The van der Waals surface area contributed by atoms with Crippen LogP contribution < -0.4 is 5.32 Å². The minimum atomic E-state index is -0.0416. The zero-order chi connectivity index (χ0) is 12.4. The van der Waals surface area contributed by atoms with Crippen LogP contribution in [0.25, 0.3) is 0 Å². The Morgan fingerprint density at radius 1 is 1.53 bits per heavy atom. The number of likely N-dealkylation sites (tertiary alicyclic amines) is 1. The van der Waals surface area contributed by atoms with Crippen LogP contribution in [-0.2, 0) is 11.3 Å². The molecule has 2 rings (SSSR count). The monoisotopic (exact) mass is 252 g/mol. The van der Waals surface area contributed by atoms with Crippen molar-refractivity contribution < 1.29 is 4.79 Å². The summed E-state index contributed by atoms with van der Waals surface area (Å²) in [7, 11) is 1.84. The van der Waals surface area contributed by atoms with Crippen LogP contribution in [0.3, 0.4) is 0 Å². The Morgan fingerprint density at radius 2 is 2.29 bits per heavy atom. The van der Waals surface area contributed by atoms with Crippen LogP contribution in [-0.4, -0.2) is 30.4 Å². The molecule has 0 aromatic heterocycles. The molecule has 0 radical (unpaired) electrons. The first-order valence-electron chi connectivity index (χ1n) is 5.81. The summed E-state index contributed by atoms with van der Waals surface area (Å²) in [6, 6.07) is 5.95. The van der Waals surface area contributed by atoms with E-state index in [4.69, 9.17) is 11.6 Å². The molecule has 4 heteroatoms. The second-order valence-corrected chi connectivity index (χ2v) is 4.97. The van der Waals surface area contributed by atoms with Gasteiger partial charge in [-0.15, -0.1) is 0 Å². The van der Waals surface area contributed by atoms with Crippen LogP contribution in [0, 0.1) is 6.92 Å². The lowest BCUT2D eigenvalue weighted by atomic mass is 10.1. The average Bonchev–Trinajstić information content (AvgIpc) is 2.62. The Balaban J connectivity index is 1.94.